The molecule has 4 aromatic rings. The van der Waals surface area contributed by atoms with Crippen molar-refractivity contribution in [3.63, 3.8) is 0 Å². The minimum Gasteiger partial charge on any atom is -0.326 e. The second-order valence-electron chi connectivity index (χ2n) is 7.22. The van der Waals surface area contributed by atoms with Crippen molar-refractivity contribution in [1.29, 1.82) is 0 Å². The Kier molecular flexibility index (Phi) is 5.33. The molecule has 5 nitrogen and oxygen atoms in total. The molecule has 0 aliphatic rings. The first-order chi connectivity index (χ1) is 14.4. The zero-order valence-corrected chi connectivity index (χ0v) is 17.8. The van der Waals surface area contributed by atoms with E-state index in [1.54, 1.807) is 0 Å². The van der Waals surface area contributed by atoms with Gasteiger partial charge in [0.15, 0.2) is 5.13 Å². The van der Waals surface area contributed by atoms with Gasteiger partial charge in [-0.25, -0.2) is 4.98 Å². The van der Waals surface area contributed by atoms with Crippen LogP contribution in [0.5, 0.6) is 0 Å². The number of nitrogens with zero attached hydrogens (tertiary/aromatic N) is 1. The summed E-state index contributed by atoms with van der Waals surface area (Å²) < 4.78 is 0. The van der Waals surface area contributed by atoms with Crippen LogP contribution in [0.25, 0.3) is 22.0 Å². The molecule has 1 heterocycles. The van der Waals surface area contributed by atoms with E-state index in [9.17, 15) is 9.59 Å². The van der Waals surface area contributed by atoms with Gasteiger partial charge in [-0.2, -0.15) is 0 Å². The molecule has 0 saturated heterocycles. The Bertz CT molecular complexity index is 1280. The van der Waals surface area contributed by atoms with Crippen LogP contribution >= 0.6 is 11.3 Å². The van der Waals surface area contributed by atoms with Gasteiger partial charge in [-0.3, -0.25) is 14.9 Å². The average molecular weight is 416 g/mol. The van der Waals surface area contributed by atoms with Crippen LogP contribution in [-0.4, -0.2) is 16.8 Å². The molecule has 3 aromatic carbocycles. The van der Waals surface area contributed by atoms with Gasteiger partial charge in [-0.05, 0) is 60.0 Å². The van der Waals surface area contributed by atoms with Gasteiger partial charge in [0.2, 0.25) is 5.91 Å². The van der Waals surface area contributed by atoms with Crippen molar-refractivity contribution in [3.8, 4) is 11.3 Å². The summed E-state index contributed by atoms with van der Waals surface area (Å²) in [6.45, 7) is 5.50. The van der Waals surface area contributed by atoms with Crippen molar-refractivity contribution in [2.75, 3.05) is 10.6 Å². The lowest BCUT2D eigenvalue weighted by molar-refractivity contribution is -0.114. The third-order valence-electron chi connectivity index (χ3n) is 4.96. The lowest BCUT2D eigenvalue weighted by atomic mass is 10.0. The van der Waals surface area contributed by atoms with Crippen LogP contribution in [0.1, 0.15) is 28.4 Å². The first-order valence-corrected chi connectivity index (χ1v) is 10.4. The van der Waals surface area contributed by atoms with Crippen LogP contribution in [0.4, 0.5) is 10.8 Å². The third-order valence-corrected chi connectivity index (χ3v) is 5.71. The van der Waals surface area contributed by atoms with Crippen molar-refractivity contribution < 1.29 is 9.59 Å². The maximum absolute atomic E-state index is 12.7. The number of hydrogen-bond donors (Lipinski definition) is 2. The molecule has 4 rings (SSSR count). The monoisotopic (exact) mass is 415 g/mol. The molecule has 0 aliphatic carbocycles. The van der Waals surface area contributed by atoms with Gasteiger partial charge in [0.05, 0.1) is 11.4 Å². The van der Waals surface area contributed by atoms with Gasteiger partial charge in [0.25, 0.3) is 5.91 Å². The number of anilines is 2. The van der Waals surface area contributed by atoms with E-state index >= 15 is 0 Å². The highest BCUT2D eigenvalue weighted by atomic mass is 32.1. The SMILES string of the molecule is CC(=O)Nc1cc(C)c(C)cc1-c1csc(NC(=O)c2ccc3ccccc3c2)n1. The zero-order valence-electron chi connectivity index (χ0n) is 16.9. The van der Waals surface area contributed by atoms with Gasteiger partial charge in [-0.1, -0.05) is 30.3 Å². The first kappa shape index (κ1) is 19.8. The second kappa shape index (κ2) is 8.08. The van der Waals surface area contributed by atoms with E-state index in [4.69, 9.17) is 0 Å². The average Bonchev–Trinajstić information content (AvgIpc) is 3.18. The molecule has 0 radical (unpaired) electrons. The quantitative estimate of drug-likeness (QED) is 0.443. The number of aromatic nitrogens is 1. The summed E-state index contributed by atoms with van der Waals surface area (Å²) in [6.07, 6.45) is 0. The third kappa shape index (κ3) is 4.09. The molecule has 30 heavy (non-hydrogen) atoms. The molecule has 0 fully saturated rings. The molecule has 0 unspecified atom stereocenters. The molecular formula is C24H21N3O2S. The van der Waals surface area contributed by atoms with Crippen molar-refractivity contribution in [2.24, 2.45) is 0 Å². The predicted octanol–water partition coefficient (Wildman–Crippen LogP) is 5.79. The van der Waals surface area contributed by atoms with E-state index in [0.717, 1.165) is 27.5 Å². The van der Waals surface area contributed by atoms with Gasteiger partial charge in [-0.15, -0.1) is 11.3 Å². The van der Waals surface area contributed by atoms with E-state index < -0.39 is 0 Å². The zero-order chi connectivity index (χ0) is 21.3. The fourth-order valence-electron chi connectivity index (χ4n) is 3.28. The topological polar surface area (TPSA) is 71.1 Å². The van der Waals surface area contributed by atoms with Gasteiger partial charge in [0.1, 0.15) is 0 Å². The number of amides is 2. The minimum atomic E-state index is -0.205. The predicted molar refractivity (Wildman–Crippen MR) is 123 cm³/mol. The van der Waals surface area contributed by atoms with E-state index in [2.05, 4.69) is 15.6 Å². The lowest BCUT2D eigenvalue weighted by Gasteiger charge is -2.11. The molecular weight excluding hydrogens is 394 g/mol. The standard InChI is InChI=1S/C24H21N3O2S/c1-14-10-20(21(11-15(14)2)25-16(3)28)22-13-30-24(26-22)27-23(29)19-9-8-17-6-4-5-7-18(17)12-19/h4-13H,1-3H3,(H,25,28)(H,26,27,29). The molecule has 0 spiro atoms. The van der Waals surface area contributed by atoms with E-state index in [-0.39, 0.29) is 11.8 Å². The fraction of sp³-hybridized carbons (Fsp3) is 0.125. The molecule has 150 valence electrons. The van der Waals surface area contributed by atoms with Crippen LogP contribution in [0, 0.1) is 13.8 Å². The van der Waals surface area contributed by atoms with Gasteiger partial charge >= 0.3 is 0 Å². The Hall–Kier alpha value is -3.51. The summed E-state index contributed by atoms with van der Waals surface area (Å²) in [6, 6.07) is 17.5. The number of hydrogen-bond acceptors (Lipinski definition) is 4. The van der Waals surface area contributed by atoms with E-state index in [1.807, 2.05) is 73.8 Å². The number of rotatable bonds is 4. The first-order valence-electron chi connectivity index (χ1n) is 9.55. The Morgan fingerprint density at radius 3 is 2.40 bits per heavy atom. The molecule has 0 aliphatic heterocycles. The number of carbonyl (C=O) groups excluding carboxylic acids is 2. The van der Waals surface area contributed by atoms with Crippen LogP contribution in [0.15, 0.2) is 60.0 Å². The number of fused-ring (bicyclic) bond motifs is 1. The fourth-order valence-corrected chi connectivity index (χ4v) is 3.98. The Labute approximate surface area is 178 Å². The van der Waals surface area contributed by atoms with Crippen molar-refractivity contribution in [1.82, 2.24) is 4.98 Å². The summed E-state index contributed by atoms with van der Waals surface area (Å²) in [5, 5.41) is 10.2. The largest absolute Gasteiger partial charge is 0.326 e. The van der Waals surface area contributed by atoms with E-state index in [1.165, 1.54) is 18.3 Å². The molecule has 0 atom stereocenters. The van der Waals surface area contributed by atoms with Crippen molar-refractivity contribution in [3.05, 3.63) is 76.7 Å². The second-order valence-corrected chi connectivity index (χ2v) is 8.08. The Balaban J connectivity index is 1.60. The Morgan fingerprint density at radius 1 is 0.900 bits per heavy atom. The highest BCUT2D eigenvalue weighted by Crippen LogP contribution is 2.33. The van der Waals surface area contributed by atoms with E-state index in [0.29, 0.717) is 22.1 Å². The number of carbonyl (C=O) groups is 2. The summed E-state index contributed by atoms with van der Waals surface area (Å²) in [7, 11) is 0. The van der Waals surface area contributed by atoms with Crippen LogP contribution in [0.2, 0.25) is 0 Å². The molecule has 1 aromatic heterocycles. The van der Waals surface area contributed by atoms with Gasteiger partial charge < -0.3 is 5.32 Å². The smallest absolute Gasteiger partial charge is 0.257 e. The molecule has 0 bridgehead atoms. The molecule has 0 saturated carbocycles. The minimum absolute atomic E-state index is 0.139. The van der Waals surface area contributed by atoms with Crippen molar-refractivity contribution >= 4 is 44.7 Å². The Morgan fingerprint density at radius 2 is 1.63 bits per heavy atom. The number of aryl methyl sites for hydroxylation is 2. The van der Waals surface area contributed by atoms with Crippen LogP contribution < -0.4 is 10.6 Å². The maximum atomic E-state index is 12.7. The lowest BCUT2D eigenvalue weighted by Crippen LogP contribution is -2.11. The summed E-state index contributed by atoms with van der Waals surface area (Å²) in [5.74, 6) is -0.344. The molecule has 2 N–H and O–H groups in total. The summed E-state index contributed by atoms with van der Waals surface area (Å²) in [4.78, 5) is 28.9. The van der Waals surface area contributed by atoms with Crippen LogP contribution in [0.3, 0.4) is 0 Å². The van der Waals surface area contributed by atoms with Crippen LogP contribution in [-0.2, 0) is 4.79 Å². The highest BCUT2D eigenvalue weighted by Gasteiger charge is 2.14. The number of nitrogens with one attached hydrogen (secondary N) is 2. The molecule has 6 heteroatoms. The highest BCUT2D eigenvalue weighted by molar-refractivity contribution is 7.14. The maximum Gasteiger partial charge on any atom is 0.257 e. The number of thiazole rings is 1. The molecule has 2 amide bonds. The summed E-state index contributed by atoms with van der Waals surface area (Å²) in [5.41, 5.74) is 5.02. The van der Waals surface area contributed by atoms with Gasteiger partial charge in [0, 0.05) is 23.4 Å². The normalized spacial score (nSPS) is 10.8. The number of benzene rings is 3. The summed E-state index contributed by atoms with van der Waals surface area (Å²) >= 11 is 1.35. The van der Waals surface area contributed by atoms with Crippen molar-refractivity contribution in [2.45, 2.75) is 20.8 Å².